The fraction of sp³-hybridized carbons (Fsp3) is 0.133. The zero-order valence-electron chi connectivity index (χ0n) is 9.78. The van der Waals surface area contributed by atoms with Crippen LogP contribution in [-0.4, -0.2) is 10.1 Å². The quantitative estimate of drug-likeness (QED) is 0.776. The van der Waals surface area contributed by atoms with Gasteiger partial charge in [-0.3, -0.25) is 4.98 Å². The van der Waals surface area contributed by atoms with Crippen molar-refractivity contribution in [2.24, 2.45) is 0 Å². The zero-order chi connectivity index (χ0) is 12.4. The van der Waals surface area contributed by atoms with Crippen LogP contribution in [0.25, 0.3) is 10.8 Å². The highest BCUT2D eigenvalue weighted by Crippen LogP contribution is 2.27. The van der Waals surface area contributed by atoms with Crippen LogP contribution in [0.1, 0.15) is 16.5 Å². The van der Waals surface area contributed by atoms with Crippen molar-refractivity contribution in [1.29, 1.82) is 0 Å². The van der Waals surface area contributed by atoms with Gasteiger partial charge in [0.15, 0.2) is 0 Å². The van der Waals surface area contributed by atoms with Crippen molar-refractivity contribution in [2.45, 2.75) is 12.5 Å². The molecule has 3 heteroatoms. The predicted molar refractivity (Wildman–Crippen MR) is 74.7 cm³/mol. The van der Waals surface area contributed by atoms with Gasteiger partial charge in [-0.25, -0.2) is 0 Å². The average molecular weight is 255 g/mol. The average Bonchev–Trinajstić information content (AvgIpc) is 2.91. The van der Waals surface area contributed by atoms with E-state index in [1.54, 1.807) is 17.5 Å². The molecule has 0 aliphatic heterocycles. The van der Waals surface area contributed by atoms with E-state index in [-0.39, 0.29) is 0 Å². The van der Waals surface area contributed by atoms with Gasteiger partial charge in [0.2, 0.25) is 0 Å². The predicted octanol–water partition coefficient (Wildman–Crippen LogP) is 3.57. The molecule has 0 spiro atoms. The third-order valence-electron chi connectivity index (χ3n) is 3.05. The normalized spacial score (nSPS) is 12.7. The first kappa shape index (κ1) is 11.4. The Labute approximate surface area is 110 Å². The molecule has 0 radical (unpaired) electrons. The molecule has 2 aromatic heterocycles. The summed E-state index contributed by atoms with van der Waals surface area (Å²) < 4.78 is 0. The molecule has 0 aliphatic rings. The number of hydrogen-bond donors (Lipinski definition) is 1. The molecule has 1 unspecified atom stereocenters. The first-order valence-electron chi connectivity index (χ1n) is 5.87. The highest BCUT2D eigenvalue weighted by Gasteiger charge is 2.12. The van der Waals surface area contributed by atoms with Crippen molar-refractivity contribution >= 4 is 22.1 Å². The van der Waals surface area contributed by atoms with Crippen LogP contribution >= 0.6 is 11.3 Å². The van der Waals surface area contributed by atoms with E-state index in [0.29, 0.717) is 6.42 Å². The maximum atomic E-state index is 10.4. The molecule has 3 aromatic rings. The lowest BCUT2D eigenvalue weighted by Gasteiger charge is -2.12. The van der Waals surface area contributed by atoms with E-state index in [1.807, 2.05) is 41.9 Å². The minimum Gasteiger partial charge on any atom is -0.388 e. The van der Waals surface area contributed by atoms with E-state index in [2.05, 4.69) is 11.1 Å². The number of benzene rings is 1. The van der Waals surface area contributed by atoms with Crippen molar-refractivity contribution in [3.8, 4) is 0 Å². The first-order chi connectivity index (χ1) is 8.84. The molecule has 2 heterocycles. The molecule has 18 heavy (non-hydrogen) atoms. The third-order valence-corrected chi connectivity index (χ3v) is 3.95. The van der Waals surface area contributed by atoms with E-state index in [1.165, 1.54) is 4.88 Å². The summed E-state index contributed by atoms with van der Waals surface area (Å²) in [7, 11) is 0. The maximum absolute atomic E-state index is 10.4. The number of aliphatic hydroxyl groups is 1. The summed E-state index contributed by atoms with van der Waals surface area (Å²) in [5.41, 5.74) is 0.975. The second kappa shape index (κ2) is 4.88. The number of hydrogen-bond acceptors (Lipinski definition) is 3. The number of pyridine rings is 1. The van der Waals surface area contributed by atoms with Crippen molar-refractivity contribution in [3.63, 3.8) is 0 Å². The van der Waals surface area contributed by atoms with E-state index >= 15 is 0 Å². The molecule has 1 atom stereocenters. The van der Waals surface area contributed by atoms with E-state index < -0.39 is 6.10 Å². The lowest BCUT2D eigenvalue weighted by Crippen LogP contribution is -2.01. The van der Waals surface area contributed by atoms with Crippen LogP contribution in [0.15, 0.2) is 54.2 Å². The van der Waals surface area contributed by atoms with Gasteiger partial charge in [-0.05, 0) is 28.5 Å². The smallest absolute Gasteiger partial charge is 0.0844 e. The highest BCUT2D eigenvalue weighted by atomic mass is 32.1. The van der Waals surface area contributed by atoms with Gasteiger partial charge in [0, 0.05) is 29.1 Å². The first-order valence-corrected chi connectivity index (χ1v) is 6.75. The van der Waals surface area contributed by atoms with Gasteiger partial charge in [-0.15, -0.1) is 11.3 Å². The van der Waals surface area contributed by atoms with Gasteiger partial charge in [-0.1, -0.05) is 24.3 Å². The lowest BCUT2D eigenvalue weighted by atomic mass is 9.99. The number of aliphatic hydroxyl groups excluding tert-OH is 1. The fourth-order valence-corrected chi connectivity index (χ4v) is 2.91. The van der Waals surface area contributed by atoms with Crippen molar-refractivity contribution in [2.75, 3.05) is 0 Å². The topological polar surface area (TPSA) is 33.1 Å². The van der Waals surface area contributed by atoms with Crippen molar-refractivity contribution in [3.05, 3.63) is 64.6 Å². The van der Waals surface area contributed by atoms with Gasteiger partial charge in [0.1, 0.15) is 0 Å². The summed E-state index contributed by atoms with van der Waals surface area (Å²) in [5, 5.41) is 14.6. The minimum atomic E-state index is -0.463. The molecule has 0 fully saturated rings. The van der Waals surface area contributed by atoms with Crippen LogP contribution in [0.2, 0.25) is 0 Å². The molecule has 1 N–H and O–H groups in total. The largest absolute Gasteiger partial charge is 0.388 e. The molecular formula is C15H13NOS. The second-order valence-electron chi connectivity index (χ2n) is 4.24. The Balaban J connectivity index is 1.98. The number of aromatic nitrogens is 1. The summed E-state index contributed by atoms with van der Waals surface area (Å²) in [6.45, 7) is 0. The van der Waals surface area contributed by atoms with Crippen LogP contribution in [0.5, 0.6) is 0 Å². The van der Waals surface area contributed by atoms with Gasteiger partial charge >= 0.3 is 0 Å². The highest BCUT2D eigenvalue weighted by molar-refractivity contribution is 7.09. The minimum absolute atomic E-state index is 0.463. The standard InChI is InChI=1S/C15H13NOS/c17-15(9-12-4-2-8-18-12)14-5-1-3-11-10-16-7-6-13(11)14/h1-8,10,15,17H,9H2. The molecule has 0 saturated carbocycles. The SMILES string of the molecule is OC(Cc1cccs1)c1cccc2cnccc12. The molecule has 0 amide bonds. The Kier molecular flexibility index (Phi) is 3.09. The Morgan fingerprint density at radius 2 is 2.11 bits per heavy atom. The lowest BCUT2D eigenvalue weighted by molar-refractivity contribution is 0.181. The van der Waals surface area contributed by atoms with E-state index in [0.717, 1.165) is 16.3 Å². The Hall–Kier alpha value is -1.71. The monoisotopic (exact) mass is 255 g/mol. The second-order valence-corrected chi connectivity index (χ2v) is 5.28. The molecule has 1 aromatic carbocycles. The molecule has 2 nitrogen and oxygen atoms in total. The maximum Gasteiger partial charge on any atom is 0.0844 e. The van der Waals surface area contributed by atoms with Crippen LogP contribution < -0.4 is 0 Å². The number of nitrogens with zero attached hydrogens (tertiary/aromatic N) is 1. The Morgan fingerprint density at radius 3 is 2.94 bits per heavy atom. The number of rotatable bonds is 3. The molecule has 0 saturated heterocycles. The number of thiophene rings is 1. The molecule has 0 bridgehead atoms. The fourth-order valence-electron chi connectivity index (χ4n) is 2.17. The molecule has 90 valence electrons. The van der Waals surface area contributed by atoms with Gasteiger partial charge in [-0.2, -0.15) is 0 Å². The van der Waals surface area contributed by atoms with Gasteiger partial charge in [0.05, 0.1) is 6.10 Å². The van der Waals surface area contributed by atoms with E-state index in [9.17, 15) is 5.11 Å². The van der Waals surface area contributed by atoms with Crippen LogP contribution in [0.3, 0.4) is 0 Å². The Morgan fingerprint density at radius 1 is 1.17 bits per heavy atom. The Bertz CT molecular complexity index is 643. The van der Waals surface area contributed by atoms with Crippen LogP contribution in [0, 0.1) is 0 Å². The van der Waals surface area contributed by atoms with E-state index in [4.69, 9.17) is 0 Å². The molecule has 3 rings (SSSR count). The summed E-state index contributed by atoms with van der Waals surface area (Å²) >= 11 is 1.68. The van der Waals surface area contributed by atoms with Crippen LogP contribution in [0.4, 0.5) is 0 Å². The van der Waals surface area contributed by atoms with Crippen molar-refractivity contribution < 1.29 is 5.11 Å². The van der Waals surface area contributed by atoms with Crippen molar-refractivity contribution in [1.82, 2.24) is 4.98 Å². The molecular weight excluding hydrogens is 242 g/mol. The summed E-state index contributed by atoms with van der Waals surface area (Å²) in [6, 6.07) is 12.0. The zero-order valence-corrected chi connectivity index (χ0v) is 10.6. The van der Waals surface area contributed by atoms with Crippen LogP contribution in [-0.2, 0) is 6.42 Å². The third kappa shape index (κ3) is 2.15. The summed E-state index contributed by atoms with van der Waals surface area (Å²) in [6.07, 6.45) is 3.80. The summed E-state index contributed by atoms with van der Waals surface area (Å²) in [4.78, 5) is 5.31. The molecule has 0 aliphatic carbocycles. The van der Waals surface area contributed by atoms with Gasteiger partial charge in [0.25, 0.3) is 0 Å². The summed E-state index contributed by atoms with van der Waals surface area (Å²) in [5.74, 6) is 0. The van der Waals surface area contributed by atoms with Gasteiger partial charge < -0.3 is 5.11 Å². The number of fused-ring (bicyclic) bond motifs is 1.